The second kappa shape index (κ2) is 4.99. The van der Waals surface area contributed by atoms with Crippen molar-refractivity contribution in [1.29, 1.82) is 0 Å². The first kappa shape index (κ1) is 10.2. The average molecular weight is 200 g/mol. The van der Waals surface area contributed by atoms with Gasteiger partial charge < -0.3 is 4.74 Å². The molecule has 1 aromatic carbocycles. The zero-order chi connectivity index (χ0) is 9.68. The number of benzene rings is 1. The van der Waals surface area contributed by atoms with Gasteiger partial charge in [0.25, 0.3) is 0 Å². The van der Waals surface area contributed by atoms with Gasteiger partial charge in [-0.3, -0.25) is 0 Å². The van der Waals surface area contributed by atoms with E-state index in [0.717, 1.165) is 11.1 Å². The molecule has 0 aliphatic rings. The van der Waals surface area contributed by atoms with Gasteiger partial charge in [-0.1, -0.05) is 24.3 Å². The molecule has 0 unspecified atom stereocenters. The Morgan fingerprint density at radius 3 is 2.15 bits per heavy atom. The lowest BCUT2D eigenvalue weighted by molar-refractivity contribution is 0.185. The van der Waals surface area contributed by atoms with Crippen LogP contribution < -0.4 is 0 Å². The smallest absolute Gasteiger partial charge is 0.144 e. The van der Waals surface area contributed by atoms with Crippen molar-refractivity contribution in [3.63, 3.8) is 0 Å². The molecule has 3 nitrogen and oxygen atoms in total. The van der Waals surface area contributed by atoms with Gasteiger partial charge in [-0.2, -0.15) is 0 Å². The van der Waals surface area contributed by atoms with E-state index in [4.69, 9.17) is 4.74 Å². The standard InChI is InChI=1S/C9H12O3S/c1-12-6-8-2-4-9(5-3-8)7-13(10)11/h2-5,13H,6-7H2,1H3. The van der Waals surface area contributed by atoms with Gasteiger partial charge >= 0.3 is 0 Å². The van der Waals surface area contributed by atoms with Crippen LogP contribution in [0.1, 0.15) is 11.1 Å². The lowest BCUT2D eigenvalue weighted by Crippen LogP contribution is -1.90. The number of methoxy groups -OCH3 is 1. The highest BCUT2D eigenvalue weighted by Crippen LogP contribution is 2.05. The predicted octanol–water partition coefficient (Wildman–Crippen LogP) is 0.944. The minimum Gasteiger partial charge on any atom is -0.380 e. The van der Waals surface area contributed by atoms with Gasteiger partial charge in [0.05, 0.1) is 12.4 Å². The fourth-order valence-corrected chi connectivity index (χ4v) is 1.57. The van der Waals surface area contributed by atoms with Crippen LogP contribution in [-0.2, 0) is 27.8 Å². The van der Waals surface area contributed by atoms with Crippen LogP contribution in [0.2, 0.25) is 0 Å². The van der Waals surface area contributed by atoms with Crippen molar-refractivity contribution in [3.8, 4) is 0 Å². The minimum atomic E-state index is -2.33. The summed E-state index contributed by atoms with van der Waals surface area (Å²) in [5, 5.41) is 0. The van der Waals surface area contributed by atoms with Crippen molar-refractivity contribution >= 4 is 10.7 Å². The summed E-state index contributed by atoms with van der Waals surface area (Å²) in [5.41, 5.74) is 1.86. The first-order valence-corrected chi connectivity index (χ1v) is 5.27. The topological polar surface area (TPSA) is 43.4 Å². The number of rotatable bonds is 4. The van der Waals surface area contributed by atoms with Crippen molar-refractivity contribution in [2.75, 3.05) is 7.11 Å². The van der Waals surface area contributed by atoms with E-state index < -0.39 is 10.7 Å². The maximum atomic E-state index is 10.4. The summed E-state index contributed by atoms with van der Waals surface area (Å²) >= 11 is 0. The zero-order valence-corrected chi connectivity index (χ0v) is 8.29. The van der Waals surface area contributed by atoms with Crippen LogP contribution in [0.4, 0.5) is 0 Å². The molecular weight excluding hydrogens is 188 g/mol. The molecule has 72 valence electrons. The van der Waals surface area contributed by atoms with E-state index in [9.17, 15) is 8.42 Å². The second-order valence-corrected chi connectivity index (χ2v) is 3.72. The molecule has 4 heteroatoms. The van der Waals surface area contributed by atoms with Crippen LogP contribution in [0.5, 0.6) is 0 Å². The molecule has 0 amide bonds. The third-order valence-corrected chi connectivity index (χ3v) is 2.27. The first-order chi connectivity index (χ1) is 6.22. The molecule has 0 aliphatic heterocycles. The van der Waals surface area contributed by atoms with Gasteiger partial charge in [-0.15, -0.1) is 0 Å². The molecule has 0 fully saturated rings. The molecule has 0 radical (unpaired) electrons. The van der Waals surface area contributed by atoms with Gasteiger partial charge in [-0.05, 0) is 11.1 Å². The molecule has 1 aromatic rings. The van der Waals surface area contributed by atoms with Gasteiger partial charge in [0, 0.05) is 7.11 Å². The SMILES string of the molecule is COCc1ccc(C[SH](=O)=O)cc1. The summed E-state index contributed by atoms with van der Waals surface area (Å²) in [5.74, 6) is 0.114. The summed E-state index contributed by atoms with van der Waals surface area (Å²) in [6.45, 7) is 0.559. The zero-order valence-electron chi connectivity index (χ0n) is 7.40. The molecule has 0 saturated carbocycles. The Morgan fingerprint density at radius 2 is 1.69 bits per heavy atom. The fraction of sp³-hybridized carbons (Fsp3) is 0.333. The fourth-order valence-electron chi connectivity index (χ4n) is 1.06. The summed E-state index contributed by atoms with van der Waals surface area (Å²) in [7, 11) is -0.698. The van der Waals surface area contributed by atoms with Crippen LogP contribution in [0, 0.1) is 0 Å². The quantitative estimate of drug-likeness (QED) is 0.736. The summed E-state index contributed by atoms with van der Waals surface area (Å²) in [4.78, 5) is 0. The Hall–Kier alpha value is -0.870. The Bertz CT molecular complexity index is 319. The third-order valence-electron chi connectivity index (χ3n) is 1.65. The van der Waals surface area contributed by atoms with Crippen LogP contribution in [-0.4, -0.2) is 15.5 Å². The van der Waals surface area contributed by atoms with Crippen molar-refractivity contribution in [2.45, 2.75) is 12.4 Å². The molecule has 0 atom stereocenters. The highest BCUT2D eigenvalue weighted by atomic mass is 32.2. The van der Waals surface area contributed by atoms with E-state index in [1.165, 1.54) is 0 Å². The lowest BCUT2D eigenvalue weighted by Gasteiger charge is -1.99. The molecule has 0 aromatic heterocycles. The normalized spacial score (nSPS) is 10.6. The maximum Gasteiger partial charge on any atom is 0.144 e. The Labute approximate surface area is 79.3 Å². The molecule has 0 bridgehead atoms. The van der Waals surface area contributed by atoms with Gasteiger partial charge in [0.2, 0.25) is 0 Å². The molecule has 0 heterocycles. The summed E-state index contributed by atoms with van der Waals surface area (Å²) < 4.78 is 25.7. The van der Waals surface area contributed by atoms with Gasteiger partial charge in [0.15, 0.2) is 0 Å². The van der Waals surface area contributed by atoms with Crippen molar-refractivity contribution in [3.05, 3.63) is 35.4 Å². The Balaban J connectivity index is 2.69. The molecule has 13 heavy (non-hydrogen) atoms. The van der Waals surface area contributed by atoms with E-state index in [1.807, 2.05) is 12.1 Å². The first-order valence-electron chi connectivity index (χ1n) is 3.91. The van der Waals surface area contributed by atoms with Crippen LogP contribution >= 0.6 is 0 Å². The Kier molecular flexibility index (Phi) is 3.92. The Morgan fingerprint density at radius 1 is 1.15 bits per heavy atom. The van der Waals surface area contributed by atoms with E-state index in [2.05, 4.69) is 0 Å². The highest BCUT2D eigenvalue weighted by Gasteiger charge is 1.95. The minimum absolute atomic E-state index is 0.114. The lowest BCUT2D eigenvalue weighted by atomic mass is 10.2. The summed E-state index contributed by atoms with van der Waals surface area (Å²) in [6.07, 6.45) is 0. The number of hydrogen-bond donors (Lipinski definition) is 1. The molecule has 0 spiro atoms. The van der Waals surface area contributed by atoms with Crippen molar-refractivity contribution in [1.82, 2.24) is 0 Å². The third kappa shape index (κ3) is 3.57. The van der Waals surface area contributed by atoms with Crippen molar-refractivity contribution < 1.29 is 13.2 Å². The van der Waals surface area contributed by atoms with Crippen molar-refractivity contribution in [2.24, 2.45) is 0 Å². The molecule has 0 N–H and O–H groups in total. The number of hydrogen-bond acceptors (Lipinski definition) is 3. The van der Waals surface area contributed by atoms with Gasteiger partial charge in [0.1, 0.15) is 10.7 Å². The highest BCUT2D eigenvalue weighted by molar-refractivity contribution is 7.71. The van der Waals surface area contributed by atoms with Gasteiger partial charge in [-0.25, -0.2) is 8.42 Å². The summed E-state index contributed by atoms with van der Waals surface area (Å²) in [6, 6.07) is 7.36. The van der Waals surface area contributed by atoms with E-state index in [-0.39, 0.29) is 5.75 Å². The predicted molar refractivity (Wildman–Crippen MR) is 51.2 cm³/mol. The average Bonchev–Trinajstić information content (AvgIpc) is 2.08. The maximum absolute atomic E-state index is 10.4. The largest absolute Gasteiger partial charge is 0.380 e. The van der Waals surface area contributed by atoms with E-state index in [1.54, 1.807) is 19.2 Å². The second-order valence-electron chi connectivity index (χ2n) is 2.74. The molecule has 0 aliphatic carbocycles. The van der Waals surface area contributed by atoms with Crippen LogP contribution in [0.3, 0.4) is 0 Å². The number of thiol groups is 1. The monoisotopic (exact) mass is 200 g/mol. The van der Waals surface area contributed by atoms with E-state index in [0.29, 0.717) is 6.61 Å². The molecule has 1 rings (SSSR count). The van der Waals surface area contributed by atoms with Crippen LogP contribution in [0.25, 0.3) is 0 Å². The molecule has 0 saturated heterocycles. The molecular formula is C9H12O3S. The number of ether oxygens (including phenoxy) is 1. The van der Waals surface area contributed by atoms with E-state index >= 15 is 0 Å². The van der Waals surface area contributed by atoms with Crippen LogP contribution in [0.15, 0.2) is 24.3 Å².